The largest absolute Gasteiger partial charge is 0.493 e. The summed E-state index contributed by atoms with van der Waals surface area (Å²) >= 11 is 11.7. The molecule has 0 heterocycles. The van der Waals surface area contributed by atoms with Crippen molar-refractivity contribution >= 4 is 33.2 Å². The van der Waals surface area contributed by atoms with Gasteiger partial charge in [-0.15, -0.1) is 0 Å². The Kier molecular flexibility index (Phi) is 8.85. The van der Waals surface area contributed by atoms with Crippen LogP contribution in [0.25, 0.3) is 0 Å². The minimum Gasteiger partial charge on any atom is -0.493 e. The summed E-state index contributed by atoms with van der Waals surface area (Å²) in [6.45, 7) is 1.56. The summed E-state index contributed by atoms with van der Waals surface area (Å²) in [4.78, 5) is 0.0929. The Bertz CT molecular complexity index is 891. The molecule has 6 nitrogen and oxygen atoms in total. The predicted octanol–water partition coefficient (Wildman–Crippen LogP) is 3.51. The van der Waals surface area contributed by atoms with Crippen LogP contribution < -0.4 is 19.5 Å². The van der Waals surface area contributed by atoms with E-state index in [0.29, 0.717) is 23.1 Å². The van der Waals surface area contributed by atoms with Gasteiger partial charge in [0.05, 0.1) is 29.2 Å². The summed E-state index contributed by atoms with van der Waals surface area (Å²) in [6, 6.07) is 10.1. The number of methoxy groups -OCH3 is 2. The Morgan fingerprint density at radius 3 is 2.32 bits per heavy atom. The molecule has 0 amide bonds. The zero-order valence-corrected chi connectivity index (χ0v) is 18.1. The van der Waals surface area contributed by atoms with Crippen LogP contribution in [-0.4, -0.2) is 42.3 Å². The first-order valence-electron chi connectivity index (χ1n) is 8.73. The number of sulfonamides is 1. The summed E-state index contributed by atoms with van der Waals surface area (Å²) in [5.41, 5.74) is 1.15. The molecule has 9 heteroatoms. The summed E-state index contributed by atoms with van der Waals surface area (Å²) < 4.78 is 37.5. The van der Waals surface area contributed by atoms with Gasteiger partial charge in [-0.1, -0.05) is 29.3 Å². The lowest BCUT2D eigenvalue weighted by atomic mass is 10.1. The van der Waals surface area contributed by atoms with Gasteiger partial charge in [0, 0.05) is 13.1 Å². The minimum absolute atomic E-state index is 0.0929. The normalized spacial score (nSPS) is 11.4. The smallest absolute Gasteiger partial charge is 0.240 e. The molecule has 0 radical (unpaired) electrons. The van der Waals surface area contributed by atoms with Gasteiger partial charge < -0.3 is 14.8 Å². The number of aryl methyl sites for hydroxylation is 1. The van der Waals surface area contributed by atoms with E-state index in [1.807, 2.05) is 18.2 Å². The third-order valence-corrected chi connectivity index (χ3v) is 6.26. The van der Waals surface area contributed by atoms with Crippen LogP contribution in [-0.2, 0) is 16.4 Å². The second kappa shape index (κ2) is 10.9. The van der Waals surface area contributed by atoms with E-state index < -0.39 is 10.0 Å². The highest BCUT2D eigenvalue weighted by molar-refractivity contribution is 7.89. The van der Waals surface area contributed by atoms with Gasteiger partial charge in [-0.2, -0.15) is 0 Å². The van der Waals surface area contributed by atoms with E-state index in [1.165, 1.54) is 18.2 Å². The first-order valence-corrected chi connectivity index (χ1v) is 11.0. The van der Waals surface area contributed by atoms with Crippen molar-refractivity contribution in [3.05, 3.63) is 52.0 Å². The third kappa shape index (κ3) is 6.53. The van der Waals surface area contributed by atoms with Gasteiger partial charge in [0.15, 0.2) is 11.5 Å². The van der Waals surface area contributed by atoms with Crippen LogP contribution in [0.2, 0.25) is 10.0 Å². The number of ether oxygens (including phenoxy) is 2. The first kappa shape index (κ1) is 22.8. The SMILES string of the molecule is COc1ccc(CCCNCCNS(=O)(=O)c2ccc(Cl)c(Cl)c2)cc1OC. The van der Waals surface area contributed by atoms with E-state index >= 15 is 0 Å². The van der Waals surface area contributed by atoms with Crippen molar-refractivity contribution in [1.82, 2.24) is 10.0 Å². The zero-order chi connectivity index (χ0) is 20.6. The Labute approximate surface area is 176 Å². The summed E-state index contributed by atoms with van der Waals surface area (Å²) in [7, 11) is -0.387. The number of rotatable bonds is 11. The van der Waals surface area contributed by atoms with Crippen molar-refractivity contribution in [3.8, 4) is 11.5 Å². The molecule has 0 saturated carbocycles. The maximum Gasteiger partial charge on any atom is 0.240 e. The van der Waals surface area contributed by atoms with Crippen LogP contribution in [0, 0.1) is 0 Å². The molecule has 2 rings (SSSR count). The number of halogens is 2. The van der Waals surface area contributed by atoms with E-state index in [1.54, 1.807) is 14.2 Å². The number of benzene rings is 2. The second-order valence-corrected chi connectivity index (χ2v) is 8.60. The maximum atomic E-state index is 12.2. The van der Waals surface area contributed by atoms with Gasteiger partial charge in [0.2, 0.25) is 10.0 Å². The molecule has 154 valence electrons. The van der Waals surface area contributed by atoms with Crippen molar-refractivity contribution < 1.29 is 17.9 Å². The van der Waals surface area contributed by atoms with Crippen LogP contribution in [0.1, 0.15) is 12.0 Å². The molecular weight excluding hydrogens is 423 g/mol. The first-order chi connectivity index (χ1) is 13.4. The van der Waals surface area contributed by atoms with Crippen LogP contribution >= 0.6 is 23.2 Å². The highest BCUT2D eigenvalue weighted by Crippen LogP contribution is 2.28. The summed E-state index contributed by atoms with van der Waals surface area (Å²) in [6.07, 6.45) is 1.79. The maximum absolute atomic E-state index is 12.2. The zero-order valence-electron chi connectivity index (χ0n) is 15.8. The van der Waals surface area contributed by atoms with Crippen molar-refractivity contribution in [2.24, 2.45) is 0 Å². The molecule has 0 unspecified atom stereocenters. The van der Waals surface area contributed by atoms with Crippen molar-refractivity contribution in [3.63, 3.8) is 0 Å². The molecule has 2 aromatic carbocycles. The topological polar surface area (TPSA) is 76.7 Å². The Hall–Kier alpha value is -1.51. The fraction of sp³-hybridized carbons (Fsp3) is 0.368. The number of hydrogen-bond acceptors (Lipinski definition) is 5. The lowest BCUT2D eigenvalue weighted by Crippen LogP contribution is -2.32. The average molecular weight is 447 g/mol. The van der Waals surface area contributed by atoms with Gasteiger partial charge in [0.25, 0.3) is 0 Å². The molecule has 0 spiro atoms. The quantitative estimate of drug-likeness (QED) is 0.516. The molecule has 0 aromatic heterocycles. The fourth-order valence-electron chi connectivity index (χ4n) is 2.58. The third-order valence-electron chi connectivity index (χ3n) is 4.06. The van der Waals surface area contributed by atoms with Gasteiger partial charge in [0.1, 0.15) is 0 Å². The molecule has 0 saturated heterocycles. The Morgan fingerprint density at radius 2 is 1.64 bits per heavy atom. The number of hydrogen-bond donors (Lipinski definition) is 2. The molecule has 0 bridgehead atoms. The van der Waals surface area contributed by atoms with E-state index in [4.69, 9.17) is 32.7 Å². The molecule has 0 aliphatic heterocycles. The van der Waals surface area contributed by atoms with Crippen LogP contribution in [0.15, 0.2) is 41.3 Å². The highest BCUT2D eigenvalue weighted by Gasteiger charge is 2.14. The van der Waals surface area contributed by atoms with E-state index in [2.05, 4.69) is 10.0 Å². The van der Waals surface area contributed by atoms with Crippen LogP contribution in [0.4, 0.5) is 0 Å². The highest BCUT2D eigenvalue weighted by atomic mass is 35.5. The lowest BCUT2D eigenvalue weighted by molar-refractivity contribution is 0.354. The standard InChI is InChI=1S/C19H24Cl2N2O4S/c1-26-18-8-5-14(12-19(18)27-2)4-3-9-22-10-11-23-28(24,25)15-6-7-16(20)17(21)13-15/h5-8,12-13,22-23H,3-4,9-11H2,1-2H3. The summed E-state index contributed by atoms with van der Waals surface area (Å²) in [5.74, 6) is 1.42. The monoisotopic (exact) mass is 446 g/mol. The Morgan fingerprint density at radius 1 is 0.893 bits per heavy atom. The lowest BCUT2D eigenvalue weighted by Gasteiger charge is -2.10. The second-order valence-electron chi connectivity index (χ2n) is 6.02. The van der Waals surface area contributed by atoms with Gasteiger partial charge in [-0.05, 0) is 55.3 Å². The summed E-state index contributed by atoms with van der Waals surface area (Å²) in [5, 5.41) is 3.74. The predicted molar refractivity (Wildman–Crippen MR) is 112 cm³/mol. The van der Waals surface area contributed by atoms with Crippen LogP contribution in [0.5, 0.6) is 11.5 Å². The molecule has 0 aliphatic rings. The molecule has 28 heavy (non-hydrogen) atoms. The van der Waals surface area contributed by atoms with Gasteiger partial charge in [-0.25, -0.2) is 13.1 Å². The molecule has 2 aromatic rings. The molecule has 2 N–H and O–H groups in total. The van der Waals surface area contributed by atoms with Crippen LogP contribution in [0.3, 0.4) is 0 Å². The van der Waals surface area contributed by atoms with Gasteiger partial charge >= 0.3 is 0 Å². The van der Waals surface area contributed by atoms with E-state index in [9.17, 15) is 8.42 Å². The number of nitrogens with one attached hydrogen (secondary N) is 2. The molecule has 0 aliphatic carbocycles. The van der Waals surface area contributed by atoms with Crippen molar-refractivity contribution in [1.29, 1.82) is 0 Å². The van der Waals surface area contributed by atoms with Crippen molar-refractivity contribution in [2.45, 2.75) is 17.7 Å². The Balaban J connectivity index is 1.70. The molecule has 0 fully saturated rings. The van der Waals surface area contributed by atoms with E-state index in [0.717, 1.165) is 24.9 Å². The van der Waals surface area contributed by atoms with E-state index in [-0.39, 0.29) is 16.5 Å². The molecular formula is C19H24Cl2N2O4S. The van der Waals surface area contributed by atoms with Crippen molar-refractivity contribution in [2.75, 3.05) is 33.9 Å². The minimum atomic E-state index is -3.61. The molecule has 0 atom stereocenters. The van der Waals surface area contributed by atoms with Gasteiger partial charge in [-0.3, -0.25) is 0 Å². The fourth-order valence-corrected chi connectivity index (χ4v) is 4.00. The average Bonchev–Trinajstić information content (AvgIpc) is 2.68.